The fourth-order valence-corrected chi connectivity index (χ4v) is 3.66. The van der Waals surface area contributed by atoms with E-state index in [1.807, 2.05) is 0 Å². The highest BCUT2D eigenvalue weighted by Gasteiger charge is 2.18. The molecule has 2 amide bonds. The zero-order valence-corrected chi connectivity index (χ0v) is 17.8. The molecule has 33 heavy (non-hydrogen) atoms. The number of thioether (sulfide) groups is 1. The summed E-state index contributed by atoms with van der Waals surface area (Å²) in [5, 5.41) is 13.7. The topological polar surface area (TPSA) is 102 Å². The van der Waals surface area contributed by atoms with Gasteiger partial charge in [0.1, 0.15) is 11.6 Å². The molecule has 4 rings (SSSR count). The largest absolute Gasteiger partial charge is 0.459 e. The Morgan fingerprint density at radius 3 is 2.52 bits per heavy atom. The highest BCUT2D eigenvalue weighted by atomic mass is 32.2. The first-order valence-electron chi connectivity index (χ1n) is 9.70. The SMILES string of the molecule is O=C(CSc1nnc(CNC(=O)c2ccco2)n1-c1ccc(F)cc1)Nc1ccccc1F. The van der Waals surface area contributed by atoms with Crippen molar-refractivity contribution < 1.29 is 22.8 Å². The standard InChI is InChI=1S/C22H17F2N5O3S/c23-14-7-9-15(10-8-14)29-19(12-25-21(31)18-6-3-11-32-18)27-28-22(29)33-13-20(30)26-17-5-2-1-4-16(17)24/h1-11H,12-13H2,(H,25,31)(H,26,30). The molecule has 0 saturated carbocycles. The van der Waals surface area contributed by atoms with Gasteiger partial charge in [-0.1, -0.05) is 23.9 Å². The van der Waals surface area contributed by atoms with Crippen LogP contribution in [-0.2, 0) is 11.3 Å². The van der Waals surface area contributed by atoms with Gasteiger partial charge < -0.3 is 15.1 Å². The molecule has 0 aliphatic carbocycles. The number of hydrogen-bond acceptors (Lipinski definition) is 6. The van der Waals surface area contributed by atoms with Crippen LogP contribution in [0.25, 0.3) is 5.69 Å². The number of amides is 2. The van der Waals surface area contributed by atoms with Crippen LogP contribution >= 0.6 is 11.8 Å². The number of hydrogen-bond donors (Lipinski definition) is 2. The lowest BCUT2D eigenvalue weighted by atomic mass is 10.3. The number of rotatable bonds is 8. The van der Waals surface area contributed by atoms with Gasteiger partial charge in [0, 0.05) is 5.69 Å². The van der Waals surface area contributed by atoms with Crippen molar-refractivity contribution >= 4 is 29.3 Å². The Kier molecular flexibility index (Phi) is 6.79. The summed E-state index contributed by atoms with van der Waals surface area (Å²) in [6.45, 7) is 0.00585. The van der Waals surface area contributed by atoms with Crippen molar-refractivity contribution in [1.82, 2.24) is 20.1 Å². The summed E-state index contributed by atoms with van der Waals surface area (Å²) in [4.78, 5) is 24.5. The highest BCUT2D eigenvalue weighted by molar-refractivity contribution is 7.99. The van der Waals surface area contributed by atoms with Crippen LogP contribution in [0.4, 0.5) is 14.5 Å². The summed E-state index contributed by atoms with van der Waals surface area (Å²) < 4.78 is 33.9. The number of aromatic nitrogens is 3. The van der Waals surface area contributed by atoms with E-state index < -0.39 is 23.4 Å². The van der Waals surface area contributed by atoms with Crippen molar-refractivity contribution in [3.63, 3.8) is 0 Å². The number of nitrogens with zero attached hydrogens (tertiary/aromatic N) is 3. The van der Waals surface area contributed by atoms with E-state index >= 15 is 0 Å². The lowest BCUT2D eigenvalue weighted by molar-refractivity contribution is -0.113. The van der Waals surface area contributed by atoms with E-state index in [-0.39, 0.29) is 23.7 Å². The van der Waals surface area contributed by atoms with E-state index in [2.05, 4.69) is 20.8 Å². The summed E-state index contributed by atoms with van der Waals surface area (Å²) in [6.07, 6.45) is 1.39. The van der Waals surface area contributed by atoms with E-state index in [0.29, 0.717) is 16.7 Å². The van der Waals surface area contributed by atoms with Crippen LogP contribution in [0, 0.1) is 11.6 Å². The lowest BCUT2D eigenvalue weighted by Gasteiger charge is -2.11. The van der Waals surface area contributed by atoms with E-state index in [9.17, 15) is 18.4 Å². The number of halogens is 2. The molecule has 4 aromatic rings. The van der Waals surface area contributed by atoms with Gasteiger partial charge in [-0.2, -0.15) is 0 Å². The summed E-state index contributed by atoms with van der Waals surface area (Å²) in [6, 6.07) is 14.6. The van der Waals surface area contributed by atoms with E-state index in [1.165, 1.54) is 54.8 Å². The van der Waals surface area contributed by atoms with Crippen molar-refractivity contribution in [2.24, 2.45) is 0 Å². The molecule has 2 aromatic heterocycles. The molecule has 11 heteroatoms. The molecule has 0 fully saturated rings. The Hall–Kier alpha value is -3.99. The van der Waals surface area contributed by atoms with Gasteiger partial charge >= 0.3 is 0 Å². The normalized spacial score (nSPS) is 10.7. The van der Waals surface area contributed by atoms with Gasteiger partial charge in [0.2, 0.25) is 5.91 Å². The summed E-state index contributed by atoms with van der Waals surface area (Å²) >= 11 is 1.06. The quantitative estimate of drug-likeness (QED) is 0.381. The van der Waals surface area contributed by atoms with Crippen molar-refractivity contribution in [1.29, 1.82) is 0 Å². The molecule has 0 radical (unpaired) electrons. The van der Waals surface area contributed by atoms with Gasteiger partial charge in [0.15, 0.2) is 16.7 Å². The Balaban J connectivity index is 1.50. The predicted molar refractivity (Wildman–Crippen MR) is 117 cm³/mol. The van der Waals surface area contributed by atoms with Crippen LogP contribution in [-0.4, -0.2) is 32.3 Å². The van der Waals surface area contributed by atoms with Crippen LogP contribution in [0.1, 0.15) is 16.4 Å². The average Bonchev–Trinajstić information content (AvgIpc) is 3.49. The zero-order valence-electron chi connectivity index (χ0n) is 17.0. The number of para-hydroxylation sites is 1. The maximum Gasteiger partial charge on any atom is 0.287 e. The molecule has 0 spiro atoms. The van der Waals surface area contributed by atoms with E-state index in [0.717, 1.165) is 11.8 Å². The van der Waals surface area contributed by atoms with Crippen molar-refractivity contribution in [2.45, 2.75) is 11.7 Å². The van der Waals surface area contributed by atoms with Crippen molar-refractivity contribution in [2.75, 3.05) is 11.1 Å². The first-order valence-corrected chi connectivity index (χ1v) is 10.7. The third-order valence-electron chi connectivity index (χ3n) is 4.42. The van der Waals surface area contributed by atoms with Gasteiger partial charge in [-0.15, -0.1) is 10.2 Å². The highest BCUT2D eigenvalue weighted by Crippen LogP contribution is 2.23. The minimum Gasteiger partial charge on any atom is -0.459 e. The molecule has 0 unspecified atom stereocenters. The summed E-state index contributed by atoms with van der Waals surface area (Å²) in [5.41, 5.74) is 0.616. The number of carbonyl (C=O) groups excluding carboxylic acids is 2. The van der Waals surface area contributed by atoms with Gasteiger partial charge in [0.05, 0.1) is 24.2 Å². The molecule has 168 valence electrons. The Morgan fingerprint density at radius 1 is 1.00 bits per heavy atom. The fraction of sp³-hybridized carbons (Fsp3) is 0.0909. The molecule has 0 aliphatic rings. The molecule has 0 aliphatic heterocycles. The van der Waals surface area contributed by atoms with Gasteiger partial charge in [-0.25, -0.2) is 8.78 Å². The third-order valence-corrected chi connectivity index (χ3v) is 5.35. The Morgan fingerprint density at radius 2 is 1.79 bits per heavy atom. The van der Waals surface area contributed by atoms with E-state index in [1.54, 1.807) is 16.7 Å². The smallest absolute Gasteiger partial charge is 0.287 e. The monoisotopic (exact) mass is 469 g/mol. The van der Waals surface area contributed by atoms with Crippen LogP contribution in [0.15, 0.2) is 76.5 Å². The molecule has 0 atom stereocenters. The first-order chi connectivity index (χ1) is 16.0. The first kappa shape index (κ1) is 22.2. The number of nitrogens with one attached hydrogen (secondary N) is 2. The Labute approximate surface area is 191 Å². The molecular formula is C22H17F2N5O3S. The summed E-state index contributed by atoms with van der Waals surface area (Å²) in [5.74, 6) is -1.41. The molecule has 2 aromatic carbocycles. The number of carbonyl (C=O) groups is 2. The number of benzene rings is 2. The van der Waals surface area contributed by atoms with Crippen LogP contribution in [0.3, 0.4) is 0 Å². The van der Waals surface area contributed by atoms with Crippen LogP contribution in [0.5, 0.6) is 0 Å². The predicted octanol–water partition coefficient (Wildman–Crippen LogP) is 3.80. The van der Waals surface area contributed by atoms with Crippen molar-refractivity contribution in [3.05, 3.63) is 90.1 Å². The van der Waals surface area contributed by atoms with Gasteiger partial charge in [-0.05, 0) is 48.5 Å². The van der Waals surface area contributed by atoms with Crippen LogP contribution in [0.2, 0.25) is 0 Å². The van der Waals surface area contributed by atoms with Crippen molar-refractivity contribution in [3.8, 4) is 5.69 Å². The molecule has 0 bridgehead atoms. The molecule has 0 saturated heterocycles. The van der Waals surface area contributed by atoms with Crippen LogP contribution < -0.4 is 10.6 Å². The third kappa shape index (κ3) is 5.44. The maximum absolute atomic E-state index is 13.8. The minimum absolute atomic E-state index is 0.00585. The molecule has 8 nitrogen and oxygen atoms in total. The Bertz CT molecular complexity index is 1260. The van der Waals surface area contributed by atoms with Gasteiger partial charge in [-0.3, -0.25) is 14.2 Å². The maximum atomic E-state index is 13.8. The second-order valence-corrected chi connectivity index (χ2v) is 7.63. The fourth-order valence-electron chi connectivity index (χ4n) is 2.89. The van der Waals surface area contributed by atoms with Gasteiger partial charge in [0.25, 0.3) is 5.91 Å². The molecule has 2 heterocycles. The molecule has 2 N–H and O–H groups in total. The second kappa shape index (κ2) is 10.1. The second-order valence-electron chi connectivity index (χ2n) is 6.69. The number of furan rings is 1. The average molecular weight is 469 g/mol. The van der Waals surface area contributed by atoms with E-state index in [4.69, 9.17) is 4.42 Å². The summed E-state index contributed by atoms with van der Waals surface area (Å²) in [7, 11) is 0. The number of anilines is 1. The zero-order chi connectivity index (χ0) is 23.2. The molecular weight excluding hydrogens is 452 g/mol. The lowest BCUT2D eigenvalue weighted by Crippen LogP contribution is -2.24. The minimum atomic E-state index is -0.542.